The van der Waals surface area contributed by atoms with E-state index in [-0.39, 0.29) is 17.4 Å². The Bertz CT molecular complexity index is 878. The van der Waals surface area contributed by atoms with Gasteiger partial charge in [0, 0.05) is 44.8 Å². The van der Waals surface area contributed by atoms with E-state index < -0.39 is 17.6 Å². The first-order chi connectivity index (χ1) is 13.8. The first kappa shape index (κ1) is 19.4. The van der Waals surface area contributed by atoms with Crippen LogP contribution in [0, 0.1) is 11.8 Å². The molecule has 0 saturated carbocycles. The highest BCUT2D eigenvalue weighted by molar-refractivity contribution is 5.92. The molecule has 8 nitrogen and oxygen atoms in total. The number of hydrogen-bond acceptors (Lipinski definition) is 7. The Hall–Kier alpha value is -2.95. The number of halogens is 3. The van der Waals surface area contributed by atoms with E-state index >= 15 is 0 Å². The second kappa shape index (κ2) is 7.47. The van der Waals surface area contributed by atoms with Crippen molar-refractivity contribution in [2.45, 2.75) is 12.6 Å². The largest absolute Gasteiger partial charge is 0.416 e. The molecule has 2 aromatic rings. The number of pyridine rings is 1. The van der Waals surface area contributed by atoms with Crippen LogP contribution in [0.5, 0.6) is 0 Å². The molecule has 1 amide bonds. The Kier molecular flexibility index (Phi) is 4.99. The van der Waals surface area contributed by atoms with Crippen LogP contribution in [0.15, 0.2) is 30.7 Å². The monoisotopic (exact) mass is 408 g/mol. The number of anilines is 2. The Morgan fingerprint density at radius 2 is 1.69 bits per heavy atom. The molecule has 29 heavy (non-hydrogen) atoms. The molecular weight excluding hydrogens is 389 g/mol. The number of rotatable bonds is 3. The molecule has 0 aromatic carbocycles. The van der Waals surface area contributed by atoms with Crippen molar-refractivity contribution in [3.63, 3.8) is 0 Å². The molecule has 2 saturated heterocycles. The van der Waals surface area contributed by atoms with E-state index in [0.717, 1.165) is 18.6 Å². The lowest BCUT2D eigenvalue weighted by atomic mass is 9.84. The molecule has 2 fully saturated rings. The Labute approximate surface area is 164 Å². The third-order valence-electron chi connectivity index (χ3n) is 5.26. The second-order valence-electron chi connectivity index (χ2n) is 7.39. The van der Waals surface area contributed by atoms with Crippen molar-refractivity contribution in [2.24, 2.45) is 11.8 Å². The van der Waals surface area contributed by atoms with E-state index in [2.05, 4.69) is 15.0 Å². The topological polar surface area (TPSA) is 94.5 Å². The molecule has 2 aromatic heterocycles. The molecular formula is C18H19F3N6O2. The summed E-state index contributed by atoms with van der Waals surface area (Å²) >= 11 is 0. The fourth-order valence-electron chi connectivity index (χ4n) is 4.07. The highest BCUT2D eigenvalue weighted by atomic mass is 19.4. The van der Waals surface area contributed by atoms with Gasteiger partial charge in [-0.1, -0.05) is 0 Å². The predicted molar refractivity (Wildman–Crippen MR) is 96.5 cm³/mol. The zero-order valence-electron chi connectivity index (χ0n) is 15.3. The van der Waals surface area contributed by atoms with Gasteiger partial charge in [0.2, 0.25) is 5.95 Å². The summed E-state index contributed by atoms with van der Waals surface area (Å²) in [6, 6.07) is 2.08. The maximum atomic E-state index is 13.0. The lowest BCUT2D eigenvalue weighted by Gasteiger charge is -2.46. The van der Waals surface area contributed by atoms with Crippen molar-refractivity contribution < 1.29 is 23.2 Å². The molecule has 0 spiro atoms. The fourth-order valence-corrected chi connectivity index (χ4v) is 4.07. The number of hydroxylamine groups is 1. The summed E-state index contributed by atoms with van der Waals surface area (Å²) in [7, 11) is 0. The van der Waals surface area contributed by atoms with Gasteiger partial charge in [0.1, 0.15) is 5.82 Å². The standard InChI is InChI=1S/C18H19F3N6O2/c19-18(20,21)14-1-2-22-15(4-14)26-7-11-3-12(8-26)10-27(9-11)17-23-5-13(6-24-17)16(28)25-29/h1-2,4-6,11-12,29H,3,7-10H2,(H,25,28). The molecule has 2 aliphatic rings. The van der Waals surface area contributed by atoms with Gasteiger partial charge in [0.15, 0.2) is 0 Å². The lowest BCUT2D eigenvalue weighted by molar-refractivity contribution is -0.137. The fraction of sp³-hybridized carbons (Fsp3) is 0.444. The van der Waals surface area contributed by atoms with Crippen LogP contribution in [0.25, 0.3) is 0 Å². The van der Waals surface area contributed by atoms with Crippen molar-refractivity contribution in [1.82, 2.24) is 20.4 Å². The minimum absolute atomic E-state index is 0.148. The third-order valence-corrected chi connectivity index (χ3v) is 5.26. The Morgan fingerprint density at radius 1 is 1.07 bits per heavy atom. The predicted octanol–water partition coefficient (Wildman–Crippen LogP) is 1.97. The number of nitrogens with one attached hydrogen (secondary N) is 1. The third kappa shape index (κ3) is 4.09. The summed E-state index contributed by atoms with van der Waals surface area (Å²) in [4.78, 5) is 27.9. The van der Waals surface area contributed by atoms with Crippen molar-refractivity contribution in [1.29, 1.82) is 0 Å². The first-order valence-electron chi connectivity index (χ1n) is 9.13. The smallest absolute Gasteiger partial charge is 0.356 e. The normalized spacial score (nSPS) is 21.8. The summed E-state index contributed by atoms with van der Waals surface area (Å²) in [5.74, 6) is 0.625. The van der Waals surface area contributed by atoms with Crippen LogP contribution < -0.4 is 15.3 Å². The van der Waals surface area contributed by atoms with E-state index in [1.807, 2.05) is 9.80 Å². The van der Waals surface area contributed by atoms with Gasteiger partial charge in [-0.05, 0) is 30.4 Å². The number of aromatic nitrogens is 3. The van der Waals surface area contributed by atoms with Crippen LogP contribution in [-0.4, -0.2) is 52.2 Å². The SMILES string of the molecule is O=C(NO)c1cnc(N2CC3CC(CN(c4cc(C(F)(F)F)ccn4)C3)C2)nc1. The molecule has 2 unspecified atom stereocenters. The van der Waals surface area contributed by atoms with Gasteiger partial charge in [-0.2, -0.15) is 13.2 Å². The molecule has 154 valence electrons. The highest BCUT2D eigenvalue weighted by Crippen LogP contribution is 2.34. The number of alkyl halides is 3. The molecule has 2 aliphatic heterocycles. The molecule has 11 heteroatoms. The van der Waals surface area contributed by atoms with Gasteiger partial charge in [0.05, 0.1) is 11.1 Å². The maximum Gasteiger partial charge on any atom is 0.416 e. The number of nitrogens with zero attached hydrogens (tertiary/aromatic N) is 5. The molecule has 0 radical (unpaired) electrons. The van der Waals surface area contributed by atoms with E-state index in [4.69, 9.17) is 5.21 Å². The van der Waals surface area contributed by atoms with Gasteiger partial charge >= 0.3 is 6.18 Å². The zero-order valence-corrected chi connectivity index (χ0v) is 15.3. The lowest BCUT2D eigenvalue weighted by Crippen LogP contribution is -2.53. The van der Waals surface area contributed by atoms with Crippen molar-refractivity contribution in [2.75, 3.05) is 36.0 Å². The van der Waals surface area contributed by atoms with Crippen molar-refractivity contribution >= 4 is 17.7 Å². The van der Waals surface area contributed by atoms with E-state index in [1.54, 1.807) is 0 Å². The number of carbonyl (C=O) groups excluding carboxylic acids is 1. The number of fused-ring (bicyclic) bond motifs is 2. The number of piperidine rings is 2. The molecule has 4 rings (SSSR count). The van der Waals surface area contributed by atoms with E-state index in [0.29, 0.717) is 37.9 Å². The van der Waals surface area contributed by atoms with Gasteiger partial charge in [0.25, 0.3) is 5.91 Å². The van der Waals surface area contributed by atoms with Gasteiger partial charge in [-0.3, -0.25) is 10.0 Å². The average Bonchev–Trinajstić information content (AvgIpc) is 2.72. The minimum atomic E-state index is -4.39. The van der Waals surface area contributed by atoms with Crippen LogP contribution in [-0.2, 0) is 6.18 Å². The van der Waals surface area contributed by atoms with Crippen molar-refractivity contribution in [3.05, 3.63) is 41.9 Å². The molecule has 2 bridgehead atoms. The first-order valence-corrected chi connectivity index (χ1v) is 9.13. The number of hydrogen-bond donors (Lipinski definition) is 2. The molecule has 2 atom stereocenters. The summed E-state index contributed by atoms with van der Waals surface area (Å²) in [5.41, 5.74) is 0.986. The number of amides is 1. The van der Waals surface area contributed by atoms with Gasteiger partial charge < -0.3 is 9.80 Å². The molecule has 4 heterocycles. The van der Waals surface area contributed by atoms with Gasteiger partial charge in [-0.15, -0.1) is 0 Å². The van der Waals surface area contributed by atoms with Crippen LogP contribution in [0.4, 0.5) is 24.9 Å². The summed E-state index contributed by atoms with van der Waals surface area (Å²) < 4.78 is 39.0. The number of carbonyl (C=O) groups is 1. The van der Waals surface area contributed by atoms with Crippen LogP contribution in [0.3, 0.4) is 0 Å². The summed E-state index contributed by atoms with van der Waals surface area (Å²) in [6.45, 7) is 2.54. The highest BCUT2D eigenvalue weighted by Gasteiger charge is 2.37. The zero-order chi connectivity index (χ0) is 20.6. The second-order valence-corrected chi connectivity index (χ2v) is 7.39. The summed E-state index contributed by atoms with van der Waals surface area (Å²) in [5, 5.41) is 8.66. The maximum absolute atomic E-state index is 13.0. The van der Waals surface area contributed by atoms with E-state index in [1.165, 1.54) is 24.1 Å². The average molecular weight is 408 g/mol. The summed E-state index contributed by atoms with van der Waals surface area (Å²) in [6.07, 6.45) is 0.481. The van der Waals surface area contributed by atoms with Crippen molar-refractivity contribution in [3.8, 4) is 0 Å². The Morgan fingerprint density at radius 3 is 2.28 bits per heavy atom. The van der Waals surface area contributed by atoms with Crippen LogP contribution in [0.2, 0.25) is 0 Å². The molecule has 0 aliphatic carbocycles. The van der Waals surface area contributed by atoms with Crippen LogP contribution >= 0.6 is 0 Å². The molecule has 2 N–H and O–H groups in total. The van der Waals surface area contributed by atoms with E-state index in [9.17, 15) is 18.0 Å². The quantitative estimate of drug-likeness (QED) is 0.592. The van der Waals surface area contributed by atoms with Crippen LogP contribution in [0.1, 0.15) is 22.3 Å². The Balaban J connectivity index is 1.46. The van der Waals surface area contributed by atoms with Gasteiger partial charge in [-0.25, -0.2) is 20.4 Å². The minimum Gasteiger partial charge on any atom is -0.356 e.